The molecule has 2 aliphatic rings. The van der Waals surface area contributed by atoms with E-state index in [2.05, 4.69) is 43.0 Å². The summed E-state index contributed by atoms with van der Waals surface area (Å²) in [4.78, 5) is 2.63. The summed E-state index contributed by atoms with van der Waals surface area (Å²) in [6.45, 7) is 5.74. The molecule has 1 aromatic rings. The maximum absolute atomic E-state index is 11.0. The Morgan fingerprint density at radius 3 is 2.67 bits per heavy atom. The molecular formula is C19H29NO. The summed E-state index contributed by atoms with van der Waals surface area (Å²) in [5, 5.41) is 11.0. The third kappa shape index (κ3) is 3.49. The zero-order chi connectivity index (χ0) is 14.8. The third-order valence-electron chi connectivity index (χ3n) is 5.09. The molecule has 1 fully saturated rings. The molecule has 21 heavy (non-hydrogen) atoms. The van der Waals surface area contributed by atoms with Crippen LogP contribution in [-0.2, 0) is 6.42 Å². The number of aliphatic hydroxyl groups excluding tert-OH is 1. The van der Waals surface area contributed by atoms with Crippen molar-refractivity contribution in [1.29, 1.82) is 0 Å². The molecule has 0 radical (unpaired) electrons. The number of aryl methyl sites for hydroxylation is 1. The van der Waals surface area contributed by atoms with Crippen LogP contribution in [0, 0.1) is 5.92 Å². The second-order valence-electron chi connectivity index (χ2n) is 7.25. The Bertz CT molecular complexity index is 466. The van der Waals surface area contributed by atoms with Crippen molar-refractivity contribution >= 4 is 0 Å². The second kappa shape index (κ2) is 6.50. The molecule has 0 saturated heterocycles. The van der Waals surface area contributed by atoms with Crippen LogP contribution in [0.4, 0.5) is 0 Å². The number of hydrogen-bond donors (Lipinski definition) is 1. The van der Waals surface area contributed by atoms with Gasteiger partial charge in [0.15, 0.2) is 0 Å². The maximum atomic E-state index is 11.0. The van der Waals surface area contributed by atoms with Crippen molar-refractivity contribution in [2.75, 3.05) is 6.54 Å². The lowest BCUT2D eigenvalue weighted by Crippen LogP contribution is -2.42. The molecule has 0 heterocycles. The molecule has 2 unspecified atom stereocenters. The highest BCUT2D eigenvalue weighted by Gasteiger charge is 2.38. The first-order valence-corrected chi connectivity index (χ1v) is 8.68. The van der Waals surface area contributed by atoms with E-state index in [9.17, 15) is 5.11 Å². The van der Waals surface area contributed by atoms with Crippen LogP contribution in [0.5, 0.6) is 0 Å². The number of aliphatic hydroxyl groups is 1. The van der Waals surface area contributed by atoms with Crippen LogP contribution in [-0.4, -0.2) is 28.6 Å². The predicted octanol–water partition coefficient (Wildman–Crippen LogP) is 3.94. The fourth-order valence-electron chi connectivity index (χ4n) is 3.70. The lowest BCUT2D eigenvalue weighted by Gasteiger charge is -2.35. The van der Waals surface area contributed by atoms with Crippen molar-refractivity contribution < 1.29 is 5.11 Å². The van der Waals surface area contributed by atoms with Gasteiger partial charge in [-0.2, -0.15) is 0 Å². The molecule has 0 amide bonds. The Morgan fingerprint density at radius 2 is 1.95 bits per heavy atom. The topological polar surface area (TPSA) is 23.5 Å². The van der Waals surface area contributed by atoms with E-state index in [-0.39, 0.29) is 6.10 Å². The molecule has 0 aromatic heterocycles. The number of nitrogens with zero attached hydrogens (tertiary/aromatic N) is 1. The molecule has 3 rings (SSSR count). The van der Waals surface area contributed by atoms with E-state index in [4.69, 9.17) is 0 Å². The minimum Gasteiger partial charge on any atom is -0.387 e. The number of hydrogen-bond acceptors (Lipinski definition) is 2. The zero-order valence-electron chi connectivity index (χ0n) is 13.5. The summed E-state index contributed by atoms with van der Waals surface area (Å²) in [6.07, 6.45) is 7.02. The molecule has 0 spiro atoms. The van der Waals surface area contributed by atoms with Gasteiger partial charge in [-0.1, -0.05) is 38.1 Å². The van der Waals surface area contributed by atoms with Gasteiger partial charge < -0.3 is 5.11 Å². The molecule has 1 saturated carbocycles. The molecule has 0 aliphatic heterocycles. The van der Waals surface area contributed by atoms with Crippen LogP contribution < -0.4 is 0 Å². The Morgan fingerprint density at radius 1 is 1.19 bits per heavy atom. The van der Waals surface area contributed by atoms with E-state index in [0.29, 0.717) is 6.04 Å². The molecule has 1 aromatic carbocycles. The van der Waals surface area contributed by atoms with E-state index in [1.54, 1.807) is 0 Å². The Kier molecular flexibility index (Phi) is 4.66. The van der Waals surface area contributed by atoms with Crippen molar-refractivity contribution in [2.45, 2.75) is 70.6 Å². The molecule has 2 heteroatoms. The number of fused-ring (bicyclic) bond motifs is 1. The number of rotatable bonds is 5. The van der Waals surface area contributed by atoms with Crippen molar-refractivity contribution in [2.24, 2.45) is 5.92 Å². The molecular weight excluding hydrogens is 258 g/mol. The fourth-order valence-corrected chi connectivity index (χ4v) is 3.70. The summed E-state index contributed by atoms with van der Waals surface area (Å²) in [5.74, 6) is 0.737. The van der Waals surface area contributed by atoms with Crippen molar-refractivity contribution in [3.8, 4) is 0 Å². The normalized spacial score (nSPS) is 26.0. The third-order valence-corrected chi connectivity index (χ3v) is 5.09. The van der Waals surface area contributed by atoms with Crippen LogP contribution in [0.3, 0.4) is 0 Å². The lowest BCUT2D eigenvalue weighted by molar-refractivity contribution is 0.0370. The molecule has 116 valence electrons. The smallest absolute Gasteiger partial charge is 0.0947 e. The SMILES string of the molecule is CC(C)CCN(C1CC1)C1CCCc2ccccc2C1O. The van der Waals surface area contributed by atoms with Gasteiger partial charge in [0, 0.05) is 12.1 Å². The number of benzene rings is 1. The van der Waals surface area contributed by atoms with Gasteiger partial charge >= 0.3 is 0 Å². The van der Waals surface area contributed by atoms with Gasteiger partial charge in [0.1, 0.15) is 0 Å². The molecule has 1 N–H and O–H groups in total. The maximum Gasteiger partial charge on any atom is 0.0947 e. The zero-order valence-corrected chi connectivity index (χ0v) is 13.5. The summed E-state index contributed by atoms with van der Waals surface area (Å²) in [7, 11) is 0. The highest BCUT2D eigenvalue weighted by atomic mass is 16.3. The van der Waals surface area contributed by atoms with Gasteiger partial charge in [-0.3, -0.25) is 4.90 Å². The first-order chi connectivity index (χ1) is 10.2. The highest BCUT2D eigenvalue weighted by Crippen LogP contribution is 2.38. The Labute approximate surface area is 129 Å². The van der Waals surface area contributed by atoms with Crippen LogP contribution in [0.1, 0.15) is 63.2 Å². The van der Waals surface area contributed by atoms with E-state index in [1.165, 1.54) is 36.8 Å². The summed E-state index contributed by atoms with van der Waals surface area (Å²) < 4.78 is 0. The summed E-state index contributed by atoms with van der Waals surface area (Å²) in [5.41, 5.74) is 2.53. The fraction of sp³-hybridized carbons (Fsp3) is 0.684. The average molecular weight is 287 g/mol. The largest absolute Gasteiger partial charge is 0.387 e. The monoisotopic (exact) mass is 287 g/mol. The Hall–Kier alpha value is -0.860. The highest BCUT2D eigenvalue weighted by molar-refractivity contribution is 5.31. The predicted molar refractivity (Wildman–Crippen MR) is 87.3 cm³/mol. The minimum absolute atomic E-state index is 0.309. The molecule has 2 aliphatic carbocycles. The van der Waals surface area contributed by atoms with Gasteiger partial charge in [0.25, 0.3) is 0 Å². The van der Waals surface area contributed by atoms with Crippen LogP contribution in [0.25, 0.3) is 0 Å². The van der Waals surface area contributed by atoms with Crippen molar-refractivity contribution in [1.82, 2.24) is 4.90 Å². The van der Waals surface area contributed by atoms with Crippen LogP contribution in [0.2, 0.25) is 0 Å². The quantitative estimate of drug-likeness (QED) is 0.829. The first-order valence-electron chi connectivity index (χ1n) is 8.68. The first kappa shape index (κ1) is 15.1. The van der Waals surface area contributed by atoms with Crippen molar-refractivity contribution in [3.05, 3.63) is 35.4 Å². The lowest BCUT2D eigenvalue weighted by atomic mass is 9.97. The Balaban J connectivity index is 1.79. The summed E-state index contributed by atoms with van der Waals surface area (Å²) in [6, 6.07) is 9.54. The standard InChI is InChI=1S/C19H29NO/c1-14(2)12-13-20(16-10-11-16)18-9-5-7-15-6-3-4-8-17(15)19(18)21/h3-4,6,8,14,16,18-19,21H,5,7,9-13H2,1-2H3. The van der Waals surface area contributed by atoms with Gasteiger partial charge in [-0.05, 0) is 62.1 Å². The van der Waals surface area contributed by atoms with E-state index in [1.807, 2.05) is 0 Å². The van der Waals surface area contributed by atoms with Gasteiger partial charge in [-0.15, -0.1) is 0 Å². The van der Waals surface area contributed by atoms with Crippen molar-refractivity contribution in [3.63, 3.8) is 0 Å². The van der Waals surface area contributed by atoms with Crippen LogP contribution in [0.15, 0.2) is 24.3 Å². The molecule has 2 atom stereocenters. The van der Waals surface area contributed by atoms with E-state index >= 15 is 0 Å². The van der Waals surface area contributed by atoms with E-state index in [0.717, 1.165) is 31.3 Å². The molecule has 2 nitrogen and oxygen atoms in total. The minimum atomic E-state index is -0.309. The van der Waals surface area contributed by atoms with Crippen LogP contribution >= 0.6 is 0 Å². The van der Waals surface area contributed by atoms with Gasteiger partial charge in [0.2, 0.25) is 0 Å². The summed E-state index contributed by atoms with van der Waals surface area (Å²) >= 11 is 0. The average Bonchev–Trinajstić information content (AvgIpc) is 3.30. The van der Waals surface area contributed by atoms with Gasteiger partial charge in [0.05, 0.1) is 6.10 Å². The second-order valence-corrected chi connectivity index (χ2v) is 7.25. The van der Waals surface area contributed by atoms with E-state index < -0.39 is 0 Å². The molecule has 0 bridgehead atoms. The van der Waals surface area contributed by atoms with Gasteiger partial charge in [-0.25, -0.2) is 0 Å².